The molecule has 3 nitrogen and oxygen atoms in total. The van der Waals surface area contributed by atoms with Crippen molar-refractivity contribution in [3.63, 3.8) is 0 Å². The zero-order valence-corrected chi connectivity index (χ0v) is 14.5. The predicted molar refractivity (Wildman–Crippen MR) is 90.0 cm³/mol. The van der Waals surface area contributed by atoms with Crippen molar-refractivity contribution in [2.75, 3.05) is 0 Å². The number of fused-ring (bicyclic) bond motifs is 1. The Balaban J connectivity index is 2.17. The van der Waals surface area contributed by atoms with E-state index in [0.29, 0.717) is 16.6 Å². The first-order valence-electron chi connectivity index (χ1n) is 6.36. The molecule has 0 N–H and O–H groups in total. The Morgan fingerprint density at radius 3 is 2.62 bits per heavy atom. The molecule has 0 bridgehead atoms. The van der Waals surface area contributed by atoms with Crippen LogP contribution in [-0.2, 0) is 6.54 Å². The van der Waals surface area contributed by atoms with Crippen LogP contribution in [0.25, 0.3) is 11.0 Å². The number of halogens is 3. The van der Waals surface area contributed by atoms with Gasteiger partial charge in [0, 0.05) is 11.1 Å². The molecule has 0 spiro atoms. The van der Waals surface area contributed by atoms with E-state index in [9.17, 15) is 0 Å². The summed E-state index contributed by atoms with van der Waals surface area (Å²) in [6, 6.07) is 3.61. The third kappa shape index (κ3) is 2.90. The SMILES string of the molecule is Cc1ncc(Cn2c(C(C)Cl)nc3cc(Cl)c(Cl)cc32)s1. The molecule has 0 saturated heterocycles. The molecule has 0 fully saturated rings. The normalized spacial score (nSPS) is 13.0. The third-order valence-electron chi connectivity index (χ3n) is 3.16. The molecule has 0 amide bonds. The number of aryl methyl sites for hydroxylation is 1. The number of hydrogen-bond donors (Lipinski definition) is 0. The minimum Gasteiger partial charge on any atom is -0.321 e. The monoisotopic (exact) mass is 359 g/mol. The average molecular weight is 361 g/mol. The van der Waals surface area contributed by atoms with E-state index in [1.165, 1.54) is 0 Å². The van der Waals surface area contributed by atoms with Gasteiger partial charge < -0.3 is 4.57 Å². The van der Waals surface area contributed by atoms with Crippen molar-refractivity contribution in [2.24, 2.45) is 0 Å². The average Bonchev–Trinajstić information content (AvgIpc) is 2.96. The molecule has 21 heavy (non-hydrogen) atoms. The largest absolute Gasteiger partial charge is 0.321 e. The van der Waals surface area contributed by atoms with Gasteiger partial charge in [-0.1, -0.05) is 23.2 Å². The highest BCUT2D eigenvalue weighted by Gasteiger charge is 2.17. The summed E-state index contributed by atoms with van der Waals surface area (Å²) in [5.74, 6) is 0.802. The van der Waals surface area contributed by atoms with Crippen molar-refractivity contribution in [3.8, 4) is 0 Å². The van der Waals surface area contributed by atoms with E-state index in [1.54, 1.807) is 17.4 Å². The Bertz CT molecular complexity index is 807. The van der Waals surface area contributed by atoms with Crippen molar-refractivity contribution >= 4 is 57.2 Å². The first-order chi connectivity index (χ1) is 9.95. The molecule has 1 aromatic carbocycles. The Morgan fingerprint density at radius 2 is 2.00 bits per heavy atom. The van der Waals surface area contributed by atoms with Crippen LogP contribution in [0.2, 0.25) is 10.0 Å². The third-order valence-corrected chi connectivity index (χ3v) is 4.97. The van der Waals surface area contributed by atoms with E-state index in [1.807, 2.05) is 26.1 Å². The number of aromatic nitrogens is 3. The molecule has 1 atom stereocenters. The number of hydrogen-bond acceptors (Lipinski definition) is 3. The summed E-state index contributed by atoms with van der Waals surface area (Å²) in [4.78, 5) is 10.0. The summed E-state index contributed by atoms with van der Waals surface area (Å²) < 4.78 is 2.07. The van der Waals surface area contributed by atoms with E-state index in [2.05, 4.69) is 14.5 Å². The molecule has 0 aliphatic rings. The lowest BCUT2D eigenvalue weighted by atomic mass is 10.3. The number of alkyl halides is 1. The zero-order chi connectivity index (χ0) is 15.1. The Morgan fingerprint density at radius 1 is 1.29 bits per heavy atom. The van der Waals surface area contributed by atoms with Crippen LogP contribution >= 0.6 is 46.1 Å². The van der Waals surface area contributed by atoms with Gasteiger partial charge in [0.1, 0.15) is 5.82 Å². The first kappa shape index (κ1) is 15.1. The molecule has 0 radical (unpaired) electrons. The topological polar surface area (TPSA) is 30.7 Å². The highest BCUT2D eigenvalue weighted by Crippen LogP contribution is 2.32. The quantitative estimate of drug-likeness (QED) is 0.581. The number of rotatable bonds is 3. The molecule has 7 heteroatoms. The predicted octanol–water partition coefficient (Wildman–Crippen LogP) is 5.46. The second-order valence-corrected chi connectivity index (χ2v) is 7.56. The Labute approximate surface area is 141 Å². The number of nitrogens with zero attached hydrogens (tertiary/aromatic N) is 3. The van der Waals surface area contributed by atoms with Crippen molar-refractivity contribution < 1.29 is 0 Å². The van der Waals surface area contributed by atoms with Gasteiger partial charge in [-0.15, -0.1) is 22.9 Å². The maximum absolute atomic E-state index is 6.27. The molecule has 3 rings (SSSR count). The first-order valence-corrected chi connectivity index (χ1v) is 8.37. The lowest BCUT2D eigenvalue weighted by Gasteiger charge is -2.09. The molecule has 2 heterocycles. The standard InChI is InChI=1S/C14H12Cl3N3S/c1-7(15)14-19-12-3-10(16)11(17)4-13(12)20(14)6-9-5-18-8(2)21-9/h3-5,7H,6H2,1-2H3. The molecular weight excluding hydrogens is 349 g/mol. The lowest BCUT2D eigenvalue weighted by molar-refractivity contribution is 0.749. The van der Waals surface area contributed by atoms with E-state index >= 15 is 0 Å². The van der Waals surface area contributed by atoms with E-state index < -0.39 is 0 Å². The minimum atomic E-state index is -0.205. The summed E-state index contributed by atoms with van der Waals surface area (Å²) >= 11 is 20.1. The van der Waals surface area contributed by atoms with Crippen LogP contribution < -0.4 is 0 Å². The van der Waals surface area contributed by atoms with Gasteiger partial charge >= 0.3 is 0 Å². The van der Waals surface area contributed by atoms with Crippen molar-refractivity contribution in [2.45, 2.75) is 25.8 Å². The Hall–Kier alpha value is -0.810. The van der Waals surface area contributed by atoms with Crippen LogP contribution in [0.1, 0.15) is 28.0 Å². The second kappa shape index (κ2) is 5.76. The van der Waals surface area contributed by atoms with Gasteiger partial charge in [0.2, 0.25) is 0 Å². The van der Waals surface area contributed by atoms with Crippen LogP contribution in [0.15, 0.2) is 18.3 Å². The fraction of sp³-hybridized carbons (Fsp3) is 0.286. The summed E-state index contributed by atoms with van der Waals surface area (Å²) in [7, 11) is 0. The number of benzene rings is 1. The van der Waals surface area contributed by atoms with Crippen molar-refractivity contribution in [3.05, 3.63) is 44.1 Å². The summed E-state index contributed by atoms with van der Waals surface area (Å²) in [5.41, 5.74) is 1.73. The van der Waals surface area contributed by atoms with Crippen LogP contribution in [0.4, 0.5) is 0 Å². The highest BCUT2D eigenvalue weighted by atomic mass is 35.5. The fourth-order valence-electron chi connectivity index (χ4n) is 2.24. The Kier molecular flexibility index (Phi) is 4.14. The highest BCUT2D eigenvalue weighted by molar-refractivity contribution is 7.11. The molecule has 2 aromatic heterocycles. The van der Waals surface area contributed by atoms with Crippen LogP contribution in [-0.4, -0.2) is 14.5 Å². The number of imidazole rings is 1. The summed E-state index contributed by atoms with van der Waals surface area (Å²) in [6.45, 7) is 4.56. The fourth-order valence-corrected chi connectivity index (χ4v) is 3.51. The van der Waals surface area contributed by atoms with Gasteiger partial charge in [0.25, 0.3) is 0 Å². The molecule has 0 saturated carbocycles. The maximum Gasteiger partial charge on any atom is 0.128 e. The zero-order valence-electron chi connectivity index (χ0n) is 11.4. The van der Waals surface area contributed by atoms with Gasteiger partial charge in [0.15, 0.2) is 0 Å². The summed E-state index contributed by atoms with van der Waals surface area (Å²) in [6.07, 6.45) is 1.88. The maximum atomic E-state index is 6.27. The van der Waals surface area contributed by atoms with Crippen LogP contribution in [0.3, 0.4) is 0 Å². The molecule has 3 aromatic rings. The van der Waals surface area contributed by atoms with Crippen LogP contribution in [0, 0.1) is 6.92 Å². The smallest absolute Gasteiger partial charge is 0.128 e. The van der Waals surface area contributed by atoms with E-state index in [-0.39, 0.29) is 5.38 Å². The van der Waals surface area contributed by atoms with Crippen molar-refractivity contribution in [1.82, 2.24) is 14.5 Å². The second-order valence-electron chi connectivity index (χ2n) is 4.77. The lowest BCUT2D eigenvalue weighted by Crippen LogP contribution is -2.04. The van der Waals surface area contributed by atoms with E-state index in [0.717, 1.165) is 26.7 Å². The molecule has 0 aliphatic heterocycles. The molecule has 110 valence electrons. The van der Waals surface area contributed by atoms with Gasteiger partial charge in [-0.25, -0.2) is 9.97 Å². The molecule has 1 unspecified atom stereocenters. The molecule has 0 aliphatic carbocycles. The number of thiazole rings is 1. The van der Waals surface area contributed by atoms with Gasteiger partial charge in [-0.2, -0.15) is 0 Å². The van der Waals surface area contributed by atoms with E-state index in [4.69, 9.17) is 34.8 Å². The summed E-state index contributed by atoms with van der Waals surface area (Å²) in [5, 5.41) is 1.84. The van der Waals surface area contributed by atoms with Crippen LogP contribution in [0.5, 0.6) is 0 Å². The van der Waals surface area contributed by atoms with Gasteiger partial charge in [-0.3, -0.25) is 0 Å². The molecular formula is C14H12Cl3N3S. The van der Waals surface area contributed by atoms with Gasteiger partial charge in [-0.05, 0) is 26.0 Å². The van der Waals surface area contributed by atoms with Crippen molar-refractivity contribution in [1.29, 1.82) is 0 Å². The minimum absolute atomic E-state index is 0.205. The van der Waals surface area contributed by atoms with Gasteiger partial charge in [0.05, 0.1) is 38.0 Å².